The first-order chi connectivity index (χ1) is 4.86. The fourth-order valence-electron chi connectivity index (χ4n) is 0.960. The highest BCUT2D eigenvalue weighted by molar-refractivity contribution is 7.80. The van der Waals surface area contributed by atoms with Crippen LogP contribution in [0, 0.1) is 0 Å². The highest BCUT2D eigenvalue weighted by Crippen LogP contribution is 1.97. The average Bonchev–Trinajstić information content (AvgIpc) is 2.33. The summed E-state index contributed by atoms with van der Waals surface area (Å²) < 4.78 is 0. The van der Waals surface area contributed by atoms with Crippen molar-refractivity contribution in [3.63, 3.8) is 0 Å². The summed E-state index contributed by atoms with van der Waals surface area (Å²) in [6.07, 6.45) is 0. The lowest BCUT2D eigenvalue weighted by Crippen LogP contribution is -2.20. The molecule has 0 atom stereocenters. The minimum atomic E-state index is 0.576. The molecular formula is C7H6N2S. The molecule has 50 valence electrons. The molecule has 2 nitrogen and oxygen atoms in total. The molecule has 0 amide bonds. The number of hydrogen-bond acceptors (Lipinski definition) is 3. The number of nitrogens with zero attached hydrogens (tertiary/aromatic N) is 2. The SMILES string of the molecule is Sc1ccc2c(c1)=NCN=2. The van der Waals surface area contributed by atoms with E-state index in [1.165, 1.54) is 0 Å². The van der Waals surface area contributed by atoms with Crippen molar-refractivity contribution < 1.29 is 0 Å². The smallest absolute Gasteiger partial charge is 0.130 e. The minimum absolute atomic E-state index is 0.576. The number of fused-ring (bicyclic) bond motifs is 1. The normalized spacial score (nSPS) is 13.7. The second-order valence-corrected chi connectivity index (χ2v) is 2.65. The Balaban J connectivity index is 2.88. The van der Waals surface area contributed by atoms with Crippen molar-refractivity contribution in [2.75, 3.05) is 6.67 Å². The largest absolute Gasteiger partial charge is 0.260 e. The zero-order valence-electron chi connectivity index (χ0n) is 5.28. The predicted molar refractivity (Wildman–Crippen MR) is 40.9 cm³/mol. The van der Waals surface area contributed by atoms with Crippen molar-refractivity contribution in [3.05, 3.63) is 28.9 Å². The van der Waals surface area contributed by atoms with Gasteiger partial charge in [-0.2, -0.15) is 0 Å². The second-order valence-electron chi connectivity index (χ2n) is 2.13. The van der Waals surface area contributed by atoms with E-state index in [1.807, 2.05) is 18.2 Å². The average molecular weight is 150 g/mol. The van der Waals surface area contributed by atoms with Crippen molar-refractivity contribution in [2.45, 2.75) is 4.90 Å². The summed E-state index contributed by atoms with van der Waals surface area (Å²) in [7, 11) is 0. The van der Waals surface area contributed by atoms with E-state index in [9.17, 15) is 0 Å². The molecule has 0 spiro atoms. The first-order valence-corrected chi connectivity index (χ1v) is 3.49. The minimum Gasteiger partial charge on any atom is -0.260 e. The van der Waals surface area contributed by atoms with Crippen LogP contribution in [0.1, 0.15) is 0 Å². The highest BCUT2D eigenvalue weighted by atomic mass is 32.1. The van der Waals surface area contributed by atoms with Crippen LogP contribution in [0.4, 0.5) is 0 Å². The van der Waals surface area contributed by atoms with E-state index in [-0.39, 0.29) is 0 Å². The van der Waals surface area contributed by atoms with Crippen LogP contribution < -0.4 is 10.7 Å². The van der Waals surface area contributed by atoms with Gasteiger partial charge in [0.2, 0.25) is 0 Å². The molecule has 0 saturated heterocycles. The van der Waals surface area contributed by atoms with Crippen molar-refractivity contribution in [2.24, 2.45) is 9.98 Å². The predicted octanol–water partition coefficient (Wildman–Crippen LogP) is 0.186. The quantitative estimate of drug-likeness (QED) is 0.511. The Labute approximate surface area is 63.7 Å². The summed E-state index contributed by atoms with van der Waals surface area (Å²) in [6.45, 7) is 0.576. The maximum absolute atomic E-state index is 4.18. The molecule has 0 bridgehead atoms. The zero-order chi connectivity index (χ0) is 6.97. The molecule has 1 aromatic carbocycles. The van der Waals surface area contributed by atoms with Crippen LogP contribution >= 0.6 is 12.6 Å². The molecule has 10 heavy (non-hydrogen) atoms. The number of rotatable bonds is 0. The Kier molecular flexibility index (Phi) is 1.24. The van der Waals surface area contributed by atoms with Crippen LogP contribution in [0.3, 0.4) is 0 Å². The Morgan fingerprint density at radius 3 is 2.90 bits per heavy atom. The van der Waals surface area contributed by atoms with Crippen LogP contribution in [0.5, 0.6) is 0 Å². The van der Waals surface area contributed by atoms with Gasteiger partial charge in [-0.1, -0.05) is 0 Å². The first-order valence-electron chi connectivity index (χ1n) is 3.04. The van der Waals surface area contributed by atoms with Crippen LogP contribution in [-0.4, -0.2) is 6.67 Å². The van der Waals surface area contributed by atoms with Gasteiger partial charge in [-0.3, -0.25) is 9.98 Å². The molecule has 0 aromatic heterocycles. The monoisotopic (exact) mass is 150 g/mol. The van der Waals surface area contributed by atoms with E-state index in [0.29, 0.717) is 6.67 Å². The fourth-order valence-corrected chi connectivity index (χ4v) is 1.16. The van der Waals surface area contributed by atoms with Gasteiger partial charge in [-0.05, 0) is 18.2 Å². The topological polar surface area (TPSA) is 24.7 Å². The maximum Gasteiger partial charge on any atom is 0.130 e. The lowest BCUT2D eigenvalue weighted by atomic mass is 10.3. The summed E-state index contributed by atoms with van der Waals surface area (Å²) >= 11 is 4.18. The van der Waals surface area contributed by atoms with Crippen molar-refractivity contribution >= 4 is 12.6 Å². The molecule has 0 saturated carbocycles. The standard InChI is InChI=1S/C7H6N2S/c10-5-1-2-6-7(3-5)9-4-8-6/h1-3,10H,4H2. The van der Waals surface area contributed by atoms with E-state index >= 15 is 0 Å². The first kappa shape index (κ1) is 5.92. The number of hydrogen-bond donors (Lipinski definition) is 1. The third kappa shape index (κ3) is 0.827. The molecule has 0 radical (unpaired) electrons. The summed E-state index contributed by atoms with van der Waals surface area (Å²) in [6, 6.07) is 5.79. The van der Waals surface area contributed by atoms with Crippen LogP contribution in [0.2, 0.25) is 0 Å². The van der Waals surface area contributed by atoms with Crippen molar-refractivity contribution in [1.82, 2.24) is 0 Å². The molecule has 1 aliphatic rings. The van der Waals surface area contributed by atoms with Crippen LogP contribution in [-0.2, 0) is 0 Å². The van der Waals surface area contributed by atoms with Gasteiger partial charge in [0.05, 0.1) is 10.7 Å². The van der Waals surface area contributed by atoms with E-state index in [0.717, 1.165) is 15.6 Å². The van der Waals surface area contributed by atoms with E-state index in [2.05, 4.69) is 22.6 Å². The van der Waals surface area contributed by atoms with E-state index in [1.54, 1.807) is 0 Å². The van der Waals surface area contributed by atoms with Crippen molar-refractivity contribution in [3.8, 4) is 0 Å². The number of benzene rings is 1. The maximum atomic E-state index is 4.18. The Bertz CT molecular complexity index is 370. The molecule has 1 heterocycles. The van der Waals surface area contributed by atoms with Gasteiger partial charge in [0.1, 0.15) is 6.67 Å². The summed E-state index contributed by atoms with van der Waals surface area (Å²) in [5.41, 5.74) is 0. The molecule has 0 N–H and O–H groups in total. The lowest BCUT2D eigenvalue weighted by molar-refractivity contribution is 1.06. The van der Waals surface area contributed by atoms with Gasteiger partial charge in [-0.15, -0.1) is 12.6 Å². The molecule has 0 aliphatic carbocycles. The molecule has 1 aliphatic heterocycles. The Morgan fingerprint density at radius 2 is 2.00 bits per heavy atom. The summed E-state index contributed by atoms with van der Waals surface area (Å²) in [5, 5.41) is 1.95. The van der Waals surface area contributed by atoms with Crippen molar-refractivity contribution in [1.29, 1.82) is 0 Å². The molecule has 1 aromatic rings. The molecular weight excluding hydrogens is 144 g/mol. The number of thiol groups is 1. The third-order valence-electron chi connectivity index (χ3n) is 1.44. The zero-order valence-corrected chi connectivity index (χ0v) is 6.18. The van der Waals surface area contributed by atoms with Gasteiger partial charge >= 0.3 is 0 Å². The molecule has 2 rings (SSSR count). The lowest BCUT2D eigenvalue weighted by Gasteiger charge is -1.84. The van der Waals surface area contributed by atoms with Gasteiger partial charge in [-0.25, -0.2) is 0 Å². The highest BCUT2D eigenvalue weighted by Gasteiger charge is 1.94. The Morgan fingerprint density at radius 1 is 1.20 bits per heavy atom. The van der Waals surface area contributed by atoms with Gasteiger partial charge in [0, 0.05) is 4.90 Å². The third-order valence-corrected chi connectivity index (χ3v) is 1.72. The second kappa shape index (κ2) is 2.09. The van der Waals surface area contributed by atoms with Crippen LogP contribution in [0.15, 0.2) is 33.1 Å². The van der Waals surface area contributed by atoms with E-state index in [4.69, 9.17) is 0 Å². The van der Waals surface area contributed by atoms with Gasteiger partial charge in [0.25, 0.3) is 0 Å². The van der Waals surface area contributed by atoms with E-state index < -0.39 is 0 Å². The molecule has 3 heteroatoms. The fraction of sp³-hybridized carbons (Fsp3) is 0.143. The summed E-state index contributed by atoms with van der Waals surface area (Å²) in [4.78, 5) is 9.23. The van der Waals surface area contributed by atoms with Gasteiger partial charge in [0.15, 0.2) is 0 Å². The summed E-state index contributed by atoms with van der Waals surface area (Å²) in [5.74, 6) is 0. The van der Waals surface area contributed by atoms with Gasteiger partial charge < -0.3 is 0 Å². The molecule has 0 unspecified atom stereocenters. The van der Waals surface area contributed by atoms with Crippen LogP contribution in [0.25, 0.3) is 0 Å². The molecule has 0 fully saturated rings. The Hall–Kier alpha value is -0.830.